The lowest BCUT2D eigenvalue weighted by Gasteiger charge is -2.11. The summed E-state index contributed by atoms with van der Waals surface area (Å²) in [5, 5.41) is 32.1. The number of fused-ring (bicyclic) bond motifs is 1. The number of hydrogen-bond acceptors (Lipinski definition) is 6. The summed E-state index contributed by atoms with van der Waals surface area (Å²) < 4.78 is 13.5. The van der Waals surface area contributed by atoms with Gasteiger partial charge in [-0.2, -0.15) is 0 Å². The number of aromatic nitrogens is 4. The standard InChI is InChI=1S/C21H21BFN5O2/c1-3-16-20(24-11-13-6-4-7-14(23)10-13)26-21(28-27-16)18-12(2)25-17-9-5-8-15(19(17)18)22(29)30/h4-10,25,29-30H,3,11H2,1-2H3,(H,24,26,28). The van der Waals surface area contributed by atoms with Gasteiger partial charge < -0.3 is 20.3 Å². The molecule has 0 fully saturated rings. The molecule has 0 amide bonds. The second-order valence-electron chi connectivity index (χ2n) is 7.04. The van der Waals surface area contributed by atoms with E-state index in [9.17, 15) is 14.4 Å². The van der Waals surface area contributed by atoms with Crippen molar-refractivity contribution in [2.24, 2.45) is 0 Å². The first kappa shape index (κ1) is 20.0. The summed E-state index contributed by atoms with van der Waals surface area (Å²) in [5.41, 5.74) is 4.05. The zero-order valence-electron chi connectivity index (χ0n) is 16.6. The molecule has 2 aromatic heterocycles. The molecular weight excluding hydrogens is 384 g/mol. The Morgan fingerprint density at radius 1 is 1.13 bits per heavy atom. The number of aromatic amines is 1. The molecule has 7 nitrogen and oxygen atoms in total. The largest absolute Gasteiger partial charge is 0.489 e. The summed E-state index contributed by atoms with van der Waals surface area (Å²) in [6.07, 6.45) is 0.624. The van der Waals surface area contributed by atoms with Crippen LogP contribution >= 0.6 is 0 Å². The lowest BCUT2D eigenvalue weighted by atomic mass is 9.77. The van der Waals surface area contributed by atoms with E-state index in [4.69, 9.17) is 0 Å². The van der Waals surface area contributed by atoms with Crippen molar-refractivity contribution in [2.75, 3.05) is 5.32 Å². The van der Waals surface area contributed by atoms with Gasteiger partial charge in [-0.25, -0.2) is 9.37 Å². The third kappa shape index (κ3) is 3.77. The van der Waals surface area contributed by atoms with Crippen molar-refractivity contribution in [3.8, 4) is 11.4 Å². The van der Waals surface area contributed by atoms with Crippen LogP contribution in [0.3, 0.4) is 0 Å². The van der Waals surface area contributed by atoms with Gasteiger partial charge in [-0.15, -0.1) is 10.2 Å². The number of nitrogens with one attached hydrogen (secondary N) is 2. The highest BCUT2D eigenvalue weighted by atomic mass is 19.1. The first-order valence-electron chi connectivity index (χ1n) is 9.67. The van der Waals surface area contributed by atoms with E-state index in [1.165, 1.54) is 12.1 Å². The summed E-state index contributed by atoms with van der Waals surface area (Å²) in [5.74, 6) is 0.629. The fraction of sp³-hybridized carbons (Fsp3) is 0.190. The van der Waals surface area contributed by atoms with Gasteiger partial charge in [0.15, 0.2) is 11.6 Å². The van der Waals surface area contributed by atoms with Crippen LogP contribution in [0, 0.1) is 12.7 Å². The van der Waals surface area contributed by atoms with E-state index in [2.05, 4.69) is 25.5 Å². The first-order chi connectivity index (χ1) is 14.5. The monoisotopic (exact) mass is 405 g/mol. The Kier molecular flexibility index (Phi) is 5.47. The lowest BCUT2D eigenvalue weighted by molar-refractivity contribution is 0.426. The fourth-order valence-electron chi connectivity index (χ4n) is 3.57. The summed E-state index contributed by atoms with van der Waals surface area (Å²) in [7, 11) is -1.63. The van der Waals surface area contributed by atoms with Gasteiger partial charge in [-0.05, 0) is 42.6 Å². The fourth-order valence-corrected chi connectivity index (χ4v) is 3.57. The molecule has 0 saturated carbocycles. The topological polar surface area (TPSA) is 107 Å². The summed E-state index contributed by atoms with van der Waals surface area (Å²) in [4.78, 5) is 7.91. The molecule has 0 aliphatic heterocycles. The summed E-state index contributed by atoms with van der Waals surface area (Å²) >= 11 is 0. The Morgan fingerprint density at radius 3 is 2.67 bits per heavy atom. The van der Waals surface area contributed by atoms with Crippen molar-refractivity contribution in [1.29, 1.82) is 0 Å². The SMILES string of the molecule is CCc1nnc(-c2c(C)[nH]c3cccc(B(O)O)c23)nc1NCc1cccc(F)c1. The number of aryl methyl sites for hydroxylation is 2. The Labute approximate surface area is 173 Å². The highest BCUT2D eigenvalue weighted by Crippen LogP contribution is 2.29. The maximum atomic E-state index is 13.5. The Hall–Kier alpha value is -3.30. The summed E-state index contributed by atoms with van der Waals surface area (Å²) in [6.45, 7) is 4.21. The normalized spacial score (nSPS) is 11.1. The number of hydrogen-bond donors (Lipinski definition) is 4. The van der Waals surface area contributed by atoms with Crippen LogP contribution in [0.15, 0.2) is 42.5 Å². The molecule has 30 heavy (non-hydrogen) atoms. The molecule has 0 spiro atoms. The number of halogens is 1. The minimum Gasteiger partial charge on any atom is -0.423 e. The van der Waals surface area contributed by atoms with Crippen LogP contribution in [0.1, 0.15) is 23.9 Å². The third-order valence-electron chi connectivity index (χ3n) is 4.99. The van der Waals surface area contributed by atoms with Gasteiger partial charge in [0.2, 0.25) is 0 Å². The number of rotatable bonds is 6. The van der Waals surface area contributed by atoms with Crippen LogP contribution in [0.25, 0.3) is 22.3 Å². The molecule has 0 radical (unpaired) electrons. The van der Waals surface area contributed by atoms with Gasteiger partial charge in [-0.3, -0.25) is 0 Å². The van der Waals surface area contributed by atoms with Gasteiger partial charge in [0.25, 0.3) is 0 Å². The van der Waals surface area contributed by atoms with Crippen molar-refractivity contribution < 1.29 is 14.4 Å². The third-order valence-corrected chi connectivity index (χ3v) is 4.99. The molecule has 0 unspecified atom stereocenters. The van der Waals surface area contributed by atoms with Crippen LogP contribution in [0.4, 0.5) is 10.2 Å². The molecule has 2 heterocycles. The lowest BCUT2D eigenvalue weighted by Crippen LogP contribution is -2.30. The van der Waals surface area contributed by atoms with E-state index >= 15 is 0 Å². The van der Waals surface area contributed by atoms with E-state index in [1.54, 1.807) is 18.2 Å². The average molecular weight is 405 g/mol. The summed E-state index contributed by atoms with van der Waals surface area (Å²) in [6, 6.07) is 11.6. The molecule has 4 rings (SSSR count). The Morgan fingerprint density at radius 2 is 1.93 bits per heavy atom. The second kappa shape index (κ2) is 8.21. The van der Waals surface area contributed by atoms with Crippen LogP contribution in [-0.4, -0.2) is 37.3 Å². The molecule has 0 atom stereocenters. The van der Waals surface area contributed by atoms with E-state index in [0.29, 0.717) is 46.7 Å². The first-order valence-corrected chi connectivity index (χ1v) is 9.67. The van der Waals surface area contributed by atoms with Crippen molar-refractivity contribution >= 4 is 29.3 Å². The molecule has 2 aromatic carbocycles. The van der Waals surface area contributed by atoms with Crippen molar-refractivity contribution in [3.63, 3.8) is 0 Å². The minimum absolute atomic E-state index is 0.295. The number of nitrogens with zero attached hydrogens (tertiary/aromatic N) is 3. The zero-order chi connectivity index (χ0) is 21.3. The average Bonchev–Trinajstić information content (AvgIpc) is 3.07. The van der Waals surface area contributed by atoms with Crippen LogP contribution in [-0.2, 0) is 13.0 Å². The van der Waals surface area contributed by atoms with E-state index in [1.807, 2.05) is 26.0 Å². The maximum Gasteiger partial charge on any atom is 0.489 e. The second-order valence-corrected chi connectivity index (χ2v) is 7.04. The van der Waals surface area contributed by atoms with Crippen LogP contribution in [0.2, 0.25) is 0 Å². The highest BCUT2D eigenvalue weighted by Gasteiger charge is 2.23. The molecular formula is C21H21BFN5O2. The number of anilines is 1. The molecule has 4 N–H and O–H groups in total. The van der Waals surface area contributed by atoms with Gasteiger partial charge in [-0.1, -0.05) is 31.2 Å². The van der Waals surface area contributed by atoms with Crippen LogP contribution < -0.4 is 10.8 Å². The predicted octanol–water partition coefficient (Wildman–Crippen LogP) is 2.32. The molecule has 0 aliphatic rings. The quantitative estimate of drug-likeness (QED) is 0.367. The van der Waals surface area contributed by atoms with Crippen molar-refractivity contribution in [2.45, 2.75) is 26.8 Å². The molecule has 0 bridgehead atoms. The number of benzene rings is 2. The van der Waals surface area contributed by atoms with Crippen molar-refractivity contribution in [1.82, 2.24) is 20.2 Å². The predicted molar refractivity (Wildman–Crippen MR) is 115 cm³/mol. The van der Waals surface area contributed by atoms with Crippen LogP contribution in [0.5, 0.6) is 0 Å². The van der Waals surface area contributed by atoms with Gasteiger partial charge in [0, 0.05) is 28.7 Å². The zero-order valence-corrected chi connectivity index (χ0v) is 16.6. The van der Waals surface area contributed by atoms with E-state index in [0.717, 1.165) is 16.8 Å². The molecule has 152 valence electrons. The van der Waals surface area contributed by atoms with E-state index < -0.39 is 7.12 Å². The molecule has 0 aliphatic carbocycles. The van der Waals surface area contributed by atoms with Gasteiger partial charge in [0.1, 0.15) is 11.5 Å². The molecule has 4 aromatic rings. The number of H-pyrrole nitrogens is 1. The van der Waals surface area contributed by atoms with E-state index in [-0.39, 0.29) is 5.82 Å². The van der Waals surface area contributed by atoms with Crippen molar-refractivity contribution in [3.05, 3.63) is 65.2 Å². The molecule has 0 saturated heterocycles. The Balaban J connectivity index is 1.77. The van der Waals surface area contributed by atoms with Gasteiger partial charge in [0.05, 0.1) is 0 Å². The Bertz CT molecular complexity index is 1210. The highest BCUT2D eigenvalue weighted by molar-refractivity contribution is 6.62. The van der Waals surface area contributed by atoms with Gasteiger partial charge >= 0.3 is 7.12 Å². The maximum absolute atomic E-state index is 13.5. The molecule has 9 heteroatoms. The minimum atomic E-state index is -1.63. The smallest absolute Gasteiger partial charge is 0.423 e.